The third-order valence-corrected chi connectivity index (χ3v) is 5.36. The van der Waals surface area contributed by atoms with E-state index in [1.165, 1.54) is 16.8 Å². The number of rotatable bonds is 6. The highest BCUT2D eigenvalue weighted by Crippen LogP contribution is 2.33. The molecule has 2 aromatic carbocycles. The first kappa shape index (κ1) is 26.6. The van der Waals surface area contributed by atoms with Crippen LogP contribution in [0.3, 0.4) is 0 Å². The van der Waals surface area contributed by atoms with Crippen molar-refractivity contribution in [3.63, 3.8) is 0 Å². The zero-order chi connectivity index (χ0) is 26.1. The number of carboxylic acid groups (broad SMARTS) is 1. The summed E-state index contributed by atoms with van der Waals surface area (Å²) >= 11 is 12.1. The third kappa shape index (κ3) is 6.76. The van der Waals surface area contributed by atoms with Gasteiger partial charge >= 0.3 is 12.1 Å². The lowest BCUT2D eigenvalue weighted by Crippen LogP contribution is -2.29. The van der Waals surface area contributed by atoms with Gasteiger partial charge in [-0.05, 0) is 68.3 Å². The van der Waals surface area contributed by atoms with Gasteiger partial charge in [0.1, 0.15) is 5.60 Å². The quantitative estimate of drug-likeness (QED) is 0.321. The largest absolute Gasteiger partial charge is 0.545 e. The molecule has 1 aromatic heterocycles. The minimum atomic E-state index is -4.61. The normalized spacial score (nSPS) is 12.7. The van der Waals surface area contributed by atoms with E-state index in [0.29, 0.717) is 10.6 Å². The second-order valence-electron chi connectivity index (χ2n) is 8.73. The highest BCUT2D eigenvalue weighted by Gasteiger charge is 2.31. The van der Waals surface area contributed by atoms with Crippen LogP contribution in [0, 0.1) is 0 Å². The topological polar surface area (TPSA) is 84.2 Å². The van der Waals surface area contributed by atoms with Crippen LogP contribution in [-0.4, -0.2) is 27.3 Å². The predicted octanol–water partition coefficient (Wildman–Crippen LogP) is 5.28. The van der Waals surface area contributed by atoms with Gasteiger partial charge in [0.15, 0.2) is 0 Å². The van der Waals surface area contributed by atoms with Crippen molar-refractivity contribution in [2.75, 3.05) is 0 Å². The van der Waals surface area contributed by atoms with E-state index in [-0.39, 0.29) is 28.2 Å². The molecular formula is C24H20Cl2F3N2O4-. The molecule has 0 fully saturated rings. The Morgan fingerprint density at radius 1 is 1.11 bits per heavy atom. The fourth-order valence-corrected chi connectivity index (χ4v) is 3.76. The molecule has 11 heteroatoms. The summed E-state index contributed by atoms with van der Waals surface area (Å²) in [5, 5.41) is 16.9. The lowest BCUT2D eigenvalue weighted by Gasteiger charge is -2.20. The Balaban J connectivity index is 2.12. The number of nitrogens with zero attached hydrogens (tertiary/aromatic N) is 2. The summed E-state index contributed by atoms with van der Waals surface area (Å²) in [6.07, 6.45) is -4.13. The molecule has 3 aromatic rings. The third-order valence-electron chi connectivity index (χ3n) is 4.77. The van der Waals surface area contributed by atoms with Crippen LogP contribution < -0.4 is 5.11 Å². The van der Waals surface area contributed by atoms with E-state index >= 15 is 0 Å². The molecule has 0 amide bonds. The van der Waals surface area contributed by atoms with Crippen molar-refractivity contribution in [2.24, 2.45) is 0 Å². The van der Waals surface area contributed by atoms with Crippen molar-refractivity contribution in [2.45, 2.75) is 45.5 Å². The zero-order valence-corrected chi connectivity index (χ0v) is 20.4. The molecule has 0 atom stereocenters. The number of aromatic nitrogens is 2. The first-order chi connectivity index (χ1) is 16.1. The highest BCUT2D eigenvalue weighted by molar-refractivity contribution is 6.35. The number of aliphatic carboxylic acids is 1. The van der Waals surface area contributed by atoms with Gasteiger partial charge in [0.2, 0.25) is 0 Å². The molecule has 0 radical (unpaired) electrons. The summed E-state index contributed by atoms with van der Waals surface area (Å²) in [5.41, 5.74) is -1.52. The predicted molar refractivity (Wildman–Crippen MR) is 124 cm³/mol. The van der Waals surface area contributed by atoms with Gasteiger partial charge in [-0.15, -0.1) is 0 Å². The zero-order valence-electron chi connectivity index (χ0n) is 18.9. The Morgan fingerprint density at radius 2 is 1.80 bits per heavy atom. The SMILES string of the molecule is CC(C)(C)OC(=O)CC(=Cc1nn(Cc2ccc(Cl)cc2Cl)c2cc(C(F)(F)F)ccc12)C(=O)[O-]. The van der Waals surface area contributed by atoms with Gasteiger partial charge in [-0.3, -0.25) is 9.48 Å². The Morgan fingerprint density at radius 3 is 2.37 bits per heavy atom. The average Bonchev–Trinajstić information content (AvgIpc) is 3.04. The van der Waals surface area contributed by atoms with Crippen LogP contribution in [0.15, 0.2) is 42.0 Å². The molecule has 0 bridgehead atoms. The molecule has 6 nitrogen and oxygen atoms in total. The summed E-state index contributed by atoms with van der Waals surface area (Å²) < 4.78 is 46.5. The van der Waals surface area contributed by atoms with Gasteiger partial charge in [0.05, 0.1) is 35.7 Å². The standard InChI is InChI=1S/C24H21Cl2F3N2O4/c1-23(2,3)35-21(32)9-14(22(33)34)8-19-17-7-5-15(24(27,28)29)10-20(17)31(30-19)12-13-4-6-16(25)11-18(13)26/h4-8,10-11H,9,12H2,1-3H3,(H,33,34)/p-1. The number of hydrogen-bond acceptors (Lipinski definition) is 5. The van der Waals surface area contributed by atoms with Crippen molar-refractivity contribution in [1.29, 1.82) is 0 Å². The lowest BCUT2D eigenvalue weighted by molar-refractivity contribution is -0.299. The second-order valence-corrected chi connectivity index (χ2v) is 9.57. The molecule has 0 spiro atoms. The maximum Gasteiger partial charge on any atom is 0.416 e. The number of hydrogen-bond donors (Lipinski definition) is 0. The molecule has 0 saturated heterocycles. The van der Waals surface area contributed by atoms with Gasteiger partial charge in [-0.1, -0.05) is 29.3 Å². The second kappa shape index (κ2) is 9.91. The molecular weight excluding hydrogens is 508 g/mol. The fraction of sp³-hybridized carbons (Fsp3) is 0.292. The van der Waals surface area contributed by atoms with E-state index in [0.717, 1.165) is 18.2 Å². The van der Waals surface area contributed by atoms with Crippen molar-refractivity contribution in [1.82, 2.24) is 9.78 Å². The minimum absolute atomic E-state index is 0.0195. The number of fused-ring (bicyclic) bond motifs is 1. The molecule has 0 aliphatic carbocycles. The lowest BCUT2D eigenvalue weighted by atomic mass is 10.1. The number of halogens is 5. The van der Waals surface area contributed by atoms with Crippen LogP contribution >= 0.6 is 23.2 Å². The Kier molecular flexibility index (Phi) is 7.52. The molecule has 0 saturated carbocycles. The van der Waals surface area contributed by atoms with Gasteiger partial charge in [0, 0.05) is 15.4 Å². The average molecular weight is 528 g/mol. The molecule has 0 aliphatic heterocycles. The Labute approximate surface area is 208 Å². The van der Waals surface area contributed by atoms with Crippen LogP contribution in [-0.2, 0) is 27.0 Å². The van der Waals surface area contributed by atoms with Crippen molar-refractivity contribution >= 4 is 52.1 Å². The van der Waals surface area contributed by atoms with Crippen LogP contribution in [0.4, 0.5) is 13.2 Å². The number of carboxylic acids is 1. The van der Waals surface area contributed by atoms with E-state index in [9.17, 15) is 27.9 Å². The molecule has 35 heavy (non-hydrogen) atoms. The molecule has 1 heterocycles. The van der Waals surface area contributed by atoms with E-state index in [4.69, 9.17) is 27.9 Å². The highest BCUT2D eigenvalue weighted by atomic mass is 35.5. The number of benzene rings is 2. The maximum atomic E-state index is 13.4. The summed E-state index contributed by atoms with van der Waals surface area (Å²) in [5.74, 6) is -2.43. The van der Waals surface area contributed by atoms with Crippen LogP contribution in [0.1, 0.15) is 44.0 Å². The Hall–Kier alpha value is -3.04. The van der Waals surface area contributed by atoms with Crippen molar-refractivity contribution in [3.8, 4) is 0 Å². The summed E-state index contributed by atoms with van der Waals surface area (Å²) in [4.78, 5) is 23.9. The van der Waals surface area contributed by atoms with E-state index in [1.807, 2.05) is 0 Å². The van der Waals surface area contributed by atoms with E-state index in [1.54, 1.807) is 32.9 Å². The molecule has 0 aliphatic rings. The summed E-state index contributed by atoms with van der Waals surface area (Å²) in [6.45, 7) is 4.86. The van der Waals surface area contributed by atoms with Gasteiger partial charge in [-0.2, -0.15) is 18.3 Å². The van der Waals surface area contributed by atoms with E-state index < -0.39 is 41.3 Å². The van der Waals surface area contributed by atoms with Gasteiger partial charge in [0.25, 0.3) is 0 Å². The van der Waals surface area contributed by atoms with Gasteiger partial charge < -0.3 is 14.6 Å². The first-order valence-electron chi connectivity index (χ1n) is 10.3. The van der Waals surface area contributed by atoms with Crippen molar-refractivity contribution < 1.29 is 32.6 Å². The number of alkyl halides is 3. The molecule has 3 rings (SSSR count). The van der Waals surface area contributed by atoms with Crippen LogP contribution in [0.5, 0.6) is 0 Å². The molecule has 0 unspecified atom stereocenters. The minimum Gasteiger partial charge on any atom is -0.545 e. The van der Waals surface area contributed by atoms with E-state index in [2.05, 4.69) is 5.10 Å². The fourth-order valence-electron chi connectivity index (χ4n) is 3.29. The number of ether oxygens (including phenoxy) is 1. The van der Waals surface area contributed by atoms with Crippen LogP contribution in [0.2, 0.25) is 10.0 Å². The Bertz CT molecular complexity index is 1320. The molecule has 186 valence electrons. The summed E-state index contributed by atoms with van der Waals surface area (Å²) in [7, 11) is 0. The number of carbonyl (C=O) groups excluding carboxylic acids is 2. The first-order valence-corrected chi connectivity index (χ1v) is 11.0. The van der Waals surface area contributed by atoms with Crippen LogP contribution in [0.25, 0.3) is 17.0 Å². The van der Waals surface area contributed by atoms with Crippen molar-refractivity contribution in [3.05, 3.63) is 68.8 Å². The maximum absolute atomic E-state index is 13.4. The summed E-state index contributed by atoms with van der Waals surface area (Å²) in [6, 6.07) is 7.64. The number of esters is 1. The van der Waals surface area contributed by atoms with Gasteiger partial charge in [-0.25, -0.2) is 0 Å². The number of carbonyl (C=O) groups is 2. The smallest absolute Gasteiger partial charge is 0.416 e. The monoisotopic (exact) mass is 527 g/mol. The molecule has 0 N–H and O–H groups in total.